The second-order valence-electron chi connectivity index (χ2n) is 12.7. The molecule has 0 radical (unpaired) electrons. The maximum atomic E-state index is 11.2. The average molecular weight is 840 g/mol. The molecule has 4 aromatic rings. The van der Waals surface area contributed by atoms with Crippen LogP contribution in [0, 0.1) is 13.8 Å². The predicted molar refractivity (Wildman–Crippen MR) is 226 cm³/mol. The summed E-state index contributed by atoms with van der Waals surface area (Å²) < 4.78 is 22.2. The molecule has 12 nitrogen and oxygen atoms in total. The van der Waals surface area contributed by atoms with Crippen molar-refractivity contribution in [3.8, 4) is 11.5 Å². The Morgan fingerprint density at radius 1 is 0.603 bits per heavy atom. The average Bonchev–Trinajstić information content (AvgIpc) is 3.20. The van der Waals surface area contributed by atoms with Crippen LogP contribution in [0.5, 0.6) is 11.5 Å². The molecule has 14 heteroatoms. The summed E-state index contributed by atoms with van der Waals surface area (Å²) >= 11 is 12.2. The Bertz CT molecular complexity index is 1950. The molecule has 0 amide bonds. The lowest BCUT2D eigenvalue weighted by atomic mass is 10.0. The smallest absolute Gasteiger partial charge is 0.333 e. The molecule has 2 atom stereocenters. The van der Waals surface area contributed by atoms with Crippen LogP contribution in [-0.2, 0) is 41.6 Å². The van der Waals surface area contributed by atoms with Gasteiger partial charge in [0.15, 0.2) is 12.2 Å². The molecule has 58 heavy (non-hydrogen) atoms. The van der Waals surface area contributed by atoms with Crippen LogP contribution in [-0.4, -0.2) is 85.4 Å². The molecule has 0 aliphatic heterocycles. The largest absolute Gasteiger partial charge is 0.487 e. The number of rotatable bonds is 22. The molecule has 2 unspecified atom stereocenters. The van der Waals surface area contributed by atoms with Crippen molar-refractivity contribution < 1.29 is 48.4 Å². The minimum Gasteiger partial charge on any atom is -0.487 e. The topological polar surface area (TPSA) is 155 Å². The number of hydrogen-bond donors (Lipinski definition) is 2. The second-order valence-corrected chi connectivity index (χ2v) is 13.5. The van der Waals surface area contributed by atoms with Gasteiger partial charge >= 0.3 is 11.9 Å². The van der Waals surface area contributed by atoms with Crippen molar-refractivity contribution in [2.24, 2.45) is 10.3 Å². The van der Waals surface area contributed by atoms with Crippen LogP contribution in [0.4, 0.5) is 0 Å². The van der Waals surface area contributed by atoms with Gasteiger partial charge in [0, 0.05) is 42.2 Å². The Labute approximate surface area is 350 Å². The normalized spacial score (nSPS) is 12.5. The molecule has 0 aromatic heterocycles. The number of oxime groups is 2. The lowest BCUT2D eigenvalue weighted by Crippen LogP contribution is -2.26. The summed E-state index contributed by atoms with van der Waals surface area (Å²) in [4.78, 5) is 32.9. The number of aliphatic carboxylic acids is 2. The summed E-state index contributed by atoms with van der Waals surface area (Å²) in [7, 11) is 0. The molecule has 0 aliphatic carbocycles. The van der Waals surface area contributed by atoms with E-state index in [-0.39, 0.29) is 19.6 Å². The van der Waals surface area contributed by atoms with Crippen LogP contribution >= 0.6 is 23.2 Å². The van der Waals surface area contributed by atoms with E-state index in [0.717, 1.165) is 16.7 Å². The van der Waals surface area contributed by atoms with Gasteiger partial charge < -0.3 is 38.8 Å². The predicted octanol–water partition coefficient (Wildman–Crippen LogP) is 9.00. The highest BCUT2D eigenvalue weighted by molar-refractivity contribution is 6.37. The third kappa shape index (κ3) is 16.0. The Morgan fingerprint density at radius 3 is 1.52 bits per heavy atom. The third-order valence-electron chi connectivity index (χ3n) is 8.42. The number of halogens is 2. The van der Waals surface area contributed by atoms with Gasteiger partial charge in [-0.15, -0.1) is 0 Å². The molecular weight excluding hydrogens is 787 g/mol. The van der Waals surface area contributed by atoms with Gasteiger partial charge in [0.2, 0.25) is 0 Å². The molecule has 312 valence electrons. The van der Waals surface area contributed by atoms with Gasteiger partial charge in [0.1, 0.15) is 49.3 Å². The van der Waals surface area contributed by atoms with E-state index < -0.39 is 24.1 Å². The summed E-state index contributed by atoms with van der Waals surface area (Å²) in [6, 6.07) is 25.7. The molecule has 0 fully saturated rings. The first-order chi connectivity index (χ1) is 27.9. The van der Waals surface area contributed by atoms with E-state index in [0.29, 0.717) is 71.4 Å². The van der Waals surface area contributed by atoms with E-state index in [4.69, 9.17) is 51.8 Å². The lowest BCUT2D eigenvalue weighted by molar-refractivity contribution is -0.150. The monoisotopic (exact) mass is 838 g/mol. The fourth-order valence-corrected chi connectivity index (χ4v) is 5.78. The standard InChI is InChI=1S/C23H29NO5.C21H23Cl2NO5/c1-5-27-22(23(25)26)14-18-8-11-20(12-9-18)28-15-21(24-29-6-2)19-10-7-16(3)17(4)13-19;1-3-27-20(21(25)26)11-14-5-8-16(9-6-14)28-13-19(24-29-4-2)17-10-7-15(22)12-18(17)23/h7-13,22H,5-6,14-15H2,1-4H3,(H,25,26);5-10,12,20H,3-4,11,13H2,1-2H3,(H,25,26)/b24-21+;24-19+. The number of carbonyl (C=O) groups is 2. The van der Waals surface area contributed by atoms with Crippen molar-refractivity contribution in [1.29, 1.82) is 0 Å². The maximum Gasteiger partial charge on any atom is 0.333 e. The van der Waals surface area contributed by atoms with Gasteiger partial charge in [0.25, 0.3) is 0 Å². The maximum absolute atomic E-state index is 11.2. The molecular formula is C44H52Cl2N2O10. The summed E-state index contributed by atoms with van der Waals surface area (Å²) in [5.41, 5.74) is 6.96. The van der Waals surface area contributed by atoms with Crippen LogP contribution in [0.3, 0.4) is 0 Å². The zero-order valence-corrected chi connectivity index (χ0v) is 35.2. The van der Waals surface area contributed by atoms with Crippen molar-refractivity contribution in [1.82, 2.24) is 0 Å². The van der Waals surface area contributed by atoms with Gasteiger partial charge in [0.05, 0.1) is 5.02 Å². The van der Waals surface area contributed by atoms with Crippen LogP contribution in [0.15, 0.2) is 95.2 Å². The van der Waals surface area contributed by atoms with Gasteiger partial charge in [-0.05, 0) is 112 Å². The fraction of sp³-hybridized carbons (Fsp3) is 0.364. The molecule has 0 aliphatic rings. The highest BCUT2D eigenvalue weighted by Gasteiger charge is 2.19. The summed E-state index contributed by atoms with van der Waals surface area (Å²) in [6.07, 6.45) is -1.13. The molecule has 0 bridgehead atoms. The van der Waals surface area contributed by atoms with Crippen LogP contribution < -0.4 is 9.47 Å². The first kappa shape index (κ1) is 47.2. The Hall–Kier alpha value is -5.14. The summed E-state index contributed by atoms with van der Waals surface area (Å²) in [5.74, 6) is -0.669. The van der Waals surface area contributed by atoms with Gasteiger partial charge in [-0.1, -0.05) is 69.9 Å². The SMILES string of the molecule is CCO/N=C(\COc1ccc(CC(OCC)C(=O)O)cc1)c1ccc(C)c(C)c1.CCO/N=C(\COc1ccc(CC(OCC)C(=O)O)cc1)c1ccc(Cl)cc1Cl. The van der Waals surface area contributed by atoms with Crippen molar-refractivity contribution in [2.45, 2.75) is 66.6 Å². The molecule has 2 N–H and O–H groups in total. The molecule has 4 aromatic carbocycles. The lowest BCUT2D eigenvalue weighted by Gasteiger charge is -2.13. The van der Waals surface area contributed by atoms with Crippen molar-refractivity contribution in [3.63, 3.8) is 0 Å². The quantitative estimate of drug-likeness (QED) is 0.0579. The van der Waals surface area contributed by atoms with Gasteiger partial charge in [-0.25, -0.2) is 9.59 Å². The van der Waals surface area contributed by atoms with E-state index in [9.17, 15) is 19.8 Å². The highest BCUT2D eigenvalue weighted by atomic mass is 35.5. The van der Waals surface area contributed by atoms with E-state index in [1.165, 1.54) is 11.1 Å². The van der Waals surface area contributed by atoms with Crippen LogP contribution in [0.1, 0.15) is 61.1 Å². The van der Waals surface area contributed by atoms with Crippen molar-refractivity contribution >= 4 is 46.6 Å². The van der Waals surface area contributed by atoms with Gasteiger partial charge in [-0.2, -0.15) is 0 Å². The second kappa shape index (κ2) is 25.3. The zero-order chi connectivity index (χ0) is 42.5. The fourth-order valence-electron chi connectivity index (χ4n) is 5.26. The van der Waals surface area contributed by atoms with E-state index >= 15 is 0 Å². The molecule has 0 heterocycles. The molecule has 4 rings (SSSR count). The first-order valence-electron chi connectivity index (χ1n) is 18.9. The number of benzene rings is 4. The molecule has 0 saturated carbocycles. The van der Waals surface area contributed by atoms with E-state index in [1.54, 1.807) is 56.3 Å². The minimum atomic E-state index is -0.983. The number of carboxylic acid groups (broad SMARTS) is 2. The van der Waals surface area contributed by atoms with E-state index in [2.05, 4.69) is 36.3 Å². The summed E-state index contributed by atoms with van der Waals surface area (Å²) in [5, 5.41) is 27.7. The minimum absolute atomic E-state index is 0.136. The Kier molecular flexibility index (Phi) is 20.6. The van der Waals surface area contributed by atoms with E-state index in [1.807, 2.05) is 44.2 Å². The van der Waals surface area contributed by atoms with Crippen LogP contribution in [0.2, 0.25) is 10.0 Å². The molecule has 0 saturated heterocycles. The third-order valence-corrected chi connectivity index (χ3v) is 8.96. The van der Waals surface area contributed by atoms with Crippen LogP contribution in [0.25, 0.3) is 0 Å². The first-order valence-corrected chi connectivity index (χ1v) is 19.7. The Morgan fingerprint density at radius 2 is 1.09 bits per heavy atom. The number of carboxylic acids is 2. The number of aryl methyl sites for hydroxylation is 2. The number of nitrogens with zero attached hydrogens (tertiary/aromatic N) is 2. The van der Waals surface area contributed by atoms with Gasteiger partial charge in [-0.3, -0.25) is 0 Å². The number of ether oxygens (including phenoxy) is 4. The number of hydrogen-bond acceptors (Lipinski definition) is 10. The van der Waals surface area contributed by atoms with Crippen molar-refractivity contribution in [2.75, 3.05) is 39.6 Å². The highest BCUT2D eigenvalue weighted by Crippen LogP contribution is 2.23. The van der Waals surface area contributed by atoms with Crippen molar-refractivity contribution in [3.05, 3.63) is 128 Å². The Balaban J connectivity index is 0.000000310. The summed E-state index contributed by atoms with van der Waals surface area (Å²) in [6.45, 7) is 13.4. The zero-order valence-electron chi connectivity index (χ0n) is 33.7. The molecule has 0 spiro atoms.